The molecule has 5 nitrogen and oxygen atoms in total. The van der Waals surface area contributed by atoms with Gasteiger partial charge in [-0.15, -0.1) is 0 Å². The molecule has 0 aromatic heterocycles. The maximum absolute atomic E-state index is 10.2. The minimum absolute atomic E-state index is 0.652. The average molecular weight is 168 g/mol. The van der Waals surface area contributed by atoms with Crippen LogP contribution in [-0.4, -0.2) is 17.7 Å². The first kappa shape index (κ1) is 10.1. The fraction of sp³-hybridized carbons (Fsp3) is 0. The lowest BCUT2D eigenvalue weighted by atomic mass is 10.3. The number of rotatable bonds is 4. The number of hydrogen-bond acceptors (Lipinski definition) is 5. The third-order valence-corrected chi connectivity index (χ3v) is 0.792. The quantitative estimate of drug-likeness (QED) is 0.256. The molecule has 0 fully saturated rings. The number of carboxylic acids is 2. The lowest BCUT2D eigenvalue weighted by Crippen LogP contribution is -2.29. The molecule has 0 aliphatic rings. The number of carbonyl (C=O) groups is 3. The van der Waals surface area contributed by atoms with Crippen LogP contribution in [0, 0.1) is 0 Å². The van der Waals surface area contributed by atoms with Crippen molar-refractivity contribution >= 4 is 17.7 Å². The van der Waals surface area contributed by atoms with Crippen LogP contribution >= 0.6 is 0 Å². The second-order valence-corrected chi connectivity index (χ2v) is 1.69. The first-order valence-corrected chi connectivity index (χ1v) is 2.85. The summed E-state index contributed by atoms with van der Waals surface area (Å²) in [4.78, 5) is 29.7. The topological polar surface area (TPSA) is 97.3 Å². The van der Waals surface area contributed by atoms with Gasteiger partial charge in [-0.2, -0.15) is 0 Å². The Balaban J connectivity index is 4.01. The number of carbonyl (C=O) groups excluding carboxylic acids is 3. The van der Waals surface area contributed by atoms with Crippen molar-refractivity contribution in [1.29, 1.82) is 0 Å². The maximum Gasteiger partial charge on any atom is 0.201 e. The van der Waals surface area contributed by atoms with E-state index in [0.29, 0.717) is 12.2 Å². The standard InChI is InChI=1S/C7H6O5/c8-5(7(11)12)3-1-2-4-6(9)10/h1-4H,(H,9,10)(H,11,12)/p-2/b3-1+,4-2-. The van der Waals surface area contributed by atoms with Crippen LogP contribution in [0.25, 0.3) is 0 Å². The van der Waals surface area contributed by atoms with Gasteiger partial charge in [0, 0.05) is 0 Å². The number of hydrogen-bond donors (Lipinski definition) is 0. The lowest BCUT2D eigenvalue weighted by molar-refractivity contribution is -0.299. The smallest absolute Gasteiger partial charge is 0.201 e. The second-order valence-electron chi connectivity index (χ2n) is 1.69. The Morgan fingerprint density at radius 3 is 1.83 bits per heavy atom. The maximum atomic E-state index is 10.2. The van der Waals surface area contributed by atoms with E-state index in [1.54, 1.807) is 0 Å². The van der Waals surface area contributed by atoms with E-state index < -0.39 is 17.7 Å². The van der Waals surface area contributed by atoms with Gasteiger partial charge in [-0.25, -0.2) is 0 Å². The summed E-state index contributed by atoms with van der Waals surface area (Å²) in [7, 11) is 0. The van der Waals surface area contributed by atoms with Crippen molar-refractivity contribution in [2.24, 2.45) is 0 Å². The highest BCUT2D eigenvalue weighted by molar-refractivity contribution is 6.36. The minimum Gasteiger partial charge on any atom is -0.545 e. The molecule has 0 aromatic carbocycles. The molecule has 0 saturated carbocycles. The van der Waals surface area contributed by atoms with Crippen LogP contribution in [0.4, 0.5) is 0 Å². The van der Waals surface area contributed by atoms with E-state index in [-0.39, 0.29) is 0 Å². The monoisotopic (exact) mass is 168 g/mol. The highest BCUT2D eigenvalue weighted by Gasteiger charge is 1.92. The van der Waals surface area contributed by atoms with E-state index in [4.69, 9.17) is 0 Å². The molecule has 12 heavy (non-hydrogen) atoms. The lowest BCUT2D eigenvalue weighted by Gasteiger charge is -1.91. The number of aliphatic carboxylic acids is 2. The summed E-state index contributed by atoms with van der Waals surface area (Å²) in [5.74, 6) is -4.49. The van der Waals surface area contributed by atoms with Gasteiger partial charge < -0.3 is 19.8 Å². The Hall–Kier alpha value is -1.91. The molecular formula is C7H4O5-2. The van der Waals surface area contributed by atoms with Crippen molar-refractivity contribution in [2.45, 2.75) is 0 Å². The van der Waals surface area contributed by atoms with Gasteiger partial charge >= 0.3 is 0 Å². The van der Waals surface area contributed by atoms with Crippen LogP contribution in [0.5, 0.6) is 0 Å². The molecule has 64 valence electrons. The van der Waals surface area contributed by atoms with E-state index in [2.05, 4.69) is 0 Å². The van der Waals surface area contributed by atoms with Gasteiger partial charge in [-0.1, -0.05) is 12.2 Å². The Kier molecular flexibility index (Phi) is 4.07. The summed E-state index contributed by atoms with van der Waals surface area (Å²) in [6.07, 6.45) is 3.26. The average Bonchev–Trinajstić information content (AvgIpc) is 1.97. The summed E-state index contributed by atoms with van der Waals surface area (Å²) in [5, 5.41) is 19.5. The second kappa shape index (κ2) is 4.84. The van der Waals surface area contributed by atoms with Gasteiger partial charge in [0.05, 0.1) is 5.97 Å². The van der Waals surface area contributed by atoms with E-state index in [9.17, 15) is 24.6 Å². The summed E-state index contributed by atoms with van der Waals surface area (Å²) >= 11 is 0. The van der Waals surface area contributed by atoms with Crippen LogP contribution in [0.2, 0.25) is 0 Å². The molecule has 0 atom stereocenters. The fourth-order valence-corrected chi connectivity index (χ4v) is 0.345. The predicted octanol–water partition coefficient (Wildman–Crippen LogP) is -2.83. The third kappa shape index (κ3) is 4.92. The zero-order chi connectivity index (χ0) is 9.56. The Morgan fingerprint density at radius 1 is 0.917 bits per heavy atom. The summed E-state index contributed by atoms with van der Waals surface area (Å²) < 4.78 is 0. The van der Waals surface area contributed by atoms with Gasteiger partial charge in [-0.3, -0.25) is 4.79 Å². The molecular weight excluding hydrogens is 164 g/mol. The van der Waals surface area contributed by atoms with Crippen molar-refractivity contribution in [3.63, 3.8) is 0 Å². The first-order chi connectivity index (χ1) is 5.54. The highest BCUT2D eigenvalue weighted by atomic mass is 16.4. The van der Waals surface area contributed by atoms with Crippen LogP contribution in [-0.2, 0) is 14.4 Å². The Morgan fingerprint density at radius 2 is 1.42 bits per heavy atom. The largest absolute Gasteiger partial charge is 0.545 e. The molecule has 0 radical (unpaired) electrons. The molecule has 5 heteroatoms. The molecule has 0 unspecified atom stereocenters. The molecule has 0 saturated heterocycles. The van der Waals surface area contributed by atoms with Gasteiger partial charge in [-0.05, 0) is 12.2 Å². The summed E-state index contributed by atoms with van der Waals surface area (Å²) in [6.45, 7) is 0. The third-order valence-electron chi connectivity index (χ3n) is 0.792. The van der Waals surface area contributed by atoms with Crippen LogP contribution in [0.3, 0.4) is 0 Å². The van der Waals surface area contributed by atoms with E-state index in [0.717, 1.165) is 12.2 Å². The predicted molar refractivity (Wildman–Crippen MR) is 33.3 cm³/mol. The molecule has 0 amide bonds. The number of ketones is 1. The molecule has 0 heterocycles. The normalized spacial score (nSPS) is 10.7. The zero-order valence-electron chi connectivity index (χ0n) is 5.85. The van der Waals surface area contributed by atoms with Gasteiger partial charge in [0.25, 0.3) is 0 Å². The number of carboxylic acid groups (broad SMARTS) is 2. The van der Waals surface area contributed by atoms with E-state index >= 15 is 0 Å². The number of allylic oxidation sites excluding steroid dienone is 2. The fourth-order valence-electron chi connectivity index (χ4n) is 0.345. The Labute approximate surface area is 67.6 Å². The van der Waals surface area contributed by atoms with Gasteiger partial charge in [0.2, 0.25) is 5.78 Å². The molecule has 0 N–H and O–H groups in total. The molecule has 0 aliphatic carbocycles. The molecule has 0 aromatic rings. The van der Waals surface area contributed by atoms with Crippen LogP contribution in [0.15, 0.2) is 24.3 Å². The van der Waals surface area contributed by atoms with Crippen molar-refractivity contribution in [3.8, 4) is 0 Å². The van der Waals surface area contributed by atoms with Crippen molar-refractivity contribution in [3.05, 3.63) is 24.3 Å². The highest BCUT2D eigenvalue weighted by Crippen LogP contribution is 1.78. The Bertz CT molecular complexity index is 261. The van der Waals surface area contributed by atoms with Crippen molar-refractivity contribution in [1.82, 2.24) is 0 Å². The SMILES string of the molecule is O=C([O-])/C=C\C=C\C(=O)C(=O)[O-]. The van der Waals surface area contributed by atoms with Crippen LogP contribution in [0.1, 0.15) is 0 Å². The molecule has 0 rings (SSSR count). The van der Waals surface area contributed by atoms with Crippen molar-refractivity contribution in [2.75, 3.05) is 0 Å². The minimum atomic E-state index is -1.84. The first-order valence-electron chi connectivity index (χ1n) is 2.85. The summed E-state index contributed by atoms with van der Waals surface area (Å²) in [5.41, 5.74) is 0. The zero-order valence-corrected chi connectivity index (χ0v) is 5.85. The van der Waals surface area contributed by atoms with E-state index in [1.807, 2.05) is 0 Å². The molecule has 0 bridgehead atoms. The van der Waals surface area contributed by atoms with Crippen molar-refractivity contribution < 1.29 is 24.6 Å². The van der Waals surface area contributed by atoms with Crippen LogP contribution < -0.4 is 10.2 Å². The van der Waals surface area contributed by atoms with Gasteiger partial charge in [0.1, 0.15) is 5.97 Å². The summed E-state index contributed by atoms with van der Waals surface area (Å²) in [6, 6.07) is 0. The van der Waals surface area contributed by atoms with E-state index in [1.165, 1.54) is 0 Å². The van der Waals surface area contributed by atoms with Gasteiger partial charge in [0.15, 0.2) is 0 Å². The molecule has 0 aliphatic heterocycles. The molecule has 0 spiro atoms.